The van der Waals surface area contributed by atoms with Gasteiger partial charge in [-0.25, -0.2) is 0 Å². The molecule has 0 amide bonds. The molecule has 0 bridgehead atoms. The van der Waals surface area contributed by atoms with Crippen LogP contribution in [-0.2, 0) is 0 Å². The number of benzene rings is 1. The molecule has 1 saturated carbocycles. The van der Waals surface area contributed by atoms with Gasteiger partial charge >= 0.3 is 0 Å². The zero-order valence-electron chi connectivity index (χ0n) is 10.6. The van der Waals surface area contributed by atoms with Crippen LogP contribution < -0.4 is 10.5 Å². The van der Waals surface area contributed by atoms with Crippen LogP contribution in [0, 0.1) is 5.92 Å². The first-order valence-corrected chi connectivity index (χ1v) is 6.97. The summed E-state index contributed by atoms with van der Waals surface area (Å²) in [5, 5.41) is 0. The van der Waals surface area contributed by atoms with Gasteiger partial charge in [0.2, 0.25) is 0 Å². The number of nitrogens with two attached hydrogens (primary N) is 1. The number of likely N-dealkylation sites (tertiary alicyclic amines) is 1. The van der Waals surface area contributed by atoms with E-state index in [9.17, 15) is 0 Å². The summed E-state index contributed by atoms with van der Waals surface area (Å²) in [5.74, 6) is 2.41. The molecule has 3 nitrogen and oxygen atoms in total. The third-order valence-electron chi connectivity index (χ3n) is 4.70. The summed E-state index contributed by atoms with van der Waals surface area (Å²) < 4.78 is 5.73. The first-order chi connectivity index (χ1) is 8.74. The largest absolute Gasteiger partial charge is 0.493 e. The maximum Gasteiger partial charge on any atom is 0.122 e. The minimum Gasteiger partial charge on any atom is -0.493 e. The van der Waals surface area contributed by atoms with Crippen LogP contribution in [-0.4, -0.2) is 36.7 Å². The van der Waals surface area contributed by atoms with Gasteiger partial charge in [-0.2, -0.15) is 0 Å². The highest BCUT2D eigenvalue weighted by atomic mass is 16.5. The Hall–Kier alpha value is -1.06. The Labute approximate surface area is 108 Å². The van der Waals surface area contributed by atoms with Crippen molar-refractivity contribution in [3.8, 4) is 5.75 Å². The van der Waals surface area contributed by atoms with Gasteiger partial charge in [0.1, 0.15) is 5.75 Å². The van der Waals surface area contributed by atoms with Crippen molar-refractivity contribution < 1.29 is 4.74 Å². The lowest BCUT2D eigenvalue weighted by Crippen LogP contribution is -2.69. The molecule has 2 heterocycles. The van der Waals surface area contributed by atoms with Crippen LogP contribution in [0.25, 0.3) is 0 Å². The Bertz CT molecular complexity index is 463. The van der Waals surface area contributed by atoms with Gasteiger partial charge in [-0.1, -0.05) is 18.2 Å². The van der Waals surface area contributed by atoms with Gasteiger partial charge in [0.15, 0.2) is 0 Å². The van der Waals surface area contributed by atoms with Crippen molar-refractivity contribution in [3.05, 3.63) is 29.8 Å². The van der Waals surface area contributed by atoms with Crippen molar-refractivity contribution in [2.75, 3.05) is 26.2 Å². The van der Waals surface area contributed by atoms with E-state index in [-0.39, 0.29) is 5.54 Å². The predicted octanol–water partition coefficient (Wildman–Crippen LogP) is 1.59. The van der Waals surface area contributed by atoms with Gasteiger partial charge in [-0.3, -0.25) is 4.90 Å². The molecule has 96 valence electrons. The average Bonchev–Trinajstić information content (AvgIpc) is 3.11. The molecule has 1 unspecified atom stereocenters. The Morgan fingerprint density at radius 3 is 2.83 bits per heavy atom. The minimum atomic E-state index is 0.138. The molecular formula is C15H20N2O. The molecule has 18 heavy (non-hydrogen) atoms. The number of nitrogens with zero attached hydrogens (tertiary/aromatic N) is 1. The van der Waals surface area contributed by atoms with Crippen molar-refractivity contribution in [1.82, 2.24) is 4.90 Å². The van der Waals surface area contributed by atoms with E-state index < -0.39 is 0 Å². The molecule has 3 heteroatoms. The van der Waals surface area contributed by atoms with E-state index in [0.29, 0.717) is 5.92 Å². The van der Waals surface area contributed by atoms with Crippen LogP contribution in [0.2, 0.25) is 0 Å². The van der Waals surface area contributed by atoms with E-state index in [1.54, 1.807) is 0 Å². The lowest BCUT2D eigenvalue weighted by molar-refractivity contribution is 0.0471. The summed E-state index contributed by atoms with van der Waals surface area (Å²) in [5.41, 5.74) is 7.91. The summed E-state index contributed by atoms with van der Waals surface area (Å²) in [4.78, 5) is 2.49. The van der Waals surface area contributed by atoms with Crippen LogP contribution in [0.5, 0.6) is 5.75 Å². The highest BCUT2D eigenvalue weighted by molar-refractivity contribution is 5.39. The smallest absolute Gasteiger partial charge is 0.122 e. The van der Waals surface area contributed by atoms with E-state index in [4.69, 9.17) is 10.5 Å². The van der Waals surface area contributed by atoms with Gasteiger partial charge in [0.25, 0.3) is 0 Å². The van der Waals surface area contributed by atoms with Crippen LogP contribution >= 0.6 is 0 Å². The van der Waals surface area contributed by atoms with E-state index in [2.05, 4.69) is 23.1 Å². The monoisotopic (exact) mass is 244 g/mol. The molecule has 0 radical (unpaired) electrons. The third kappa shape index (κ3) is 1.65. The Morgan fingerprint density at radius 1 is 1.28 bits per heavy atom. The van der Waals surface area contributed by atoms with Crippen molar-refractivity contribution in [2.24, 2.45) is 11.7 Å². The summed E-state index contributed by atoms with van der Waals surface area (Å²) in [7, 11) is 0. The van der Waals surface area contributed by atoms with E-state index in [1.807, 2.05) is 6.07 Å². The molecule has 2 N–H and O–H groups in total. The fourth-order valence-corrected chi connectivity index (χ4v) is 3.52. The fraction of sp³-hybridized carbons (Fsp3) is 0.600. The van der Waals surface area contributed by atoms with Crippen molar-refractivity contribution in [1.29, 1.82) is 0 Å². The van der Waals surface area contributed by atoms with E-state index in [0.717, 1.165) is 37.9 Å². The van der Waals surface area contributed by atoms with Gasteiger partial charge in [0, 0.05) is 36.7 Å². The second kappa shape index (κ2) is 3.72. The Balaban J connectivity index is 1.40. The number of hydrogen-bond acceptors (Lipinski definition) is 3. The highest BCUT2D eigenvalue weighted by Crippen LogP contribution is 2.44. The molecule has 0 aromatic heterocycles. The van der Waals surface area contributed by atoms with Crippen LogP contribution in [0.1, 0.15) is 24.3 Å². The van der Waals surface area contributed by atoms with Gasteiger partial charge < -0.3 is 10.5 Å². The summed E-state index contributed by atoms with van der Waals surface area (Å²) >= 11 is 0. The fourth-order valence-electron chi connectivity index (χ4n) is 3.52. The number of rotatable bonds is 3. The number of hydrogen-bond donors (Lipinski definition) is 1. The molecular weight excluding hydrogens is 224 g/mol. The highest BCUT2D eigenvalue weighted by Gasteiger charge is 2.50. The van der Waals surface area contributed by atoms with Crippen molar-refractivity contribution >= 4 is 0 Å². The van der Waals surface area contributed by atoms with E-state index >= 15 is 0 Å². The molecule has 4 rings (SSSR count). The Morgan fingerprint density at radius 2 is 2.06 bits per heavy atom. The zero-order chi connectivity index (χ0) is 12.2. The van der Waals surface area contributed by atoms with Crippen molar-refractivity contribution in [3.63, 3.8) is 0 Å². The molecule has 1 aromatic carbocycles. The molecule has 3 aliphatic rings. The topological polar surface area (TPSA) is 38.5 Å². The molecule has 1 saturated heterocycles. The molecule has 1 aromatic rings. The lowest BCUT2D eigenvalue weighted by atomic mass is 9.84. The first kappa shape index (κ1) is 10.8. The van der Waals surface area contributed by atoms with Gasteiger partial charge in [-0.15, -0.1) is 0 Å². The molecule has 0 spiro atoms. The second-order valence-corrected chi connectivity index (χ2v) is 6.22. The first-order valence-electron chi connectivity index (χ1n) is 6.97. The standard InChI is InChI=1S/C15H20N2O/c16-15(12-5-6-12)9-17(10-15)7-11-8-18-14-4-2-1-3-13(11)14/h1-4,11-12H,5-10,16H2. The predicted molar refractivity (Wildman–Crippen MR) is 70.8 cm³/mol. The maximum absolute atomic E-state index is 6.39. The summed E-state index contributed by atoms with van der Waals surface area (Å²) in [6.07, 6.45) is 2.69. The summed E-state index contributed by atoms with van der Waals surface area (Å²) in [6, 6.07) is 8.42. The number of fused-ring (bicyclic) bond motifs is 1. The summed E-state index contributed by atoms with van der Waals surface area (Å²) in [6.45, 7) is 4.09. The second-order valence-electron chi connectivity index (χ2n) is 6.22. The Kier molecular flexibility index (Phi) is 2.24. The zero-order valence-corrected chi connectivity index (χ0v) is 10.6. The molecule has 2 aliphatic heterocycles. The quantitative estimate of drug-likeness (QED) is 0.877. The average molecular weight is 244 g/mol. The van der Waals surface area contributed by atoms with Crippen LogP contribution in [0.3, 0.4) is 0 Å². The van der Waals surface area contributed by atoms with Crippen LogP contribution in [0.15, 0.2) is 24.3 Å². The minimum absolute atomic E-state index is 0.138. The number of para-hydroxylation sites is 1. The number of ether oxygens (including phenoxy) is 1. The van der Waals surface area contributed by atoms with E-state index in [1.165, 1.54) is 18.4 Å². The van der Waals surface area contributed by atoms with Crippen LogP contribution in [0.4, 0.5) is 0 Å². The molecule has 1 aliphatic carbocycles. The molecule has 2 fully saturated rings. The van der Waals surface area contributed by atoms with Gasteiger partial charge in [0.05, 0.1) is 6.61 Å². The normalized spacial score (nSPS) is 29.5. The molecule has 1 atom stereocenters. The third-order valence-corrected chi connectivity index (χ3v) is 4.70. The van der Waals surface area contributed by atoms with Crippen molar-refractivity contribution in [2.45, 2.75) is 24.3 Å². The van der Waals surface area contributed by atoms with Gasteiger partial charge in [-0.05, 0) is 24.8 Å². The maximum atomic E-state index is 6.39. The SMILES string of the molecule is NC1(C2CC2)CN(CC2COc3ccccc32)C1. The lowest BCUT2D eigenvalue weighted by Gasteiger charge is -2.49.